The van der Waals surface area contributed by atoms with E-state index in [1.165, 1.54) is 18.7 Å². The van der Waals surface area contributed by atoms with Crippen LogP contribution < -0.4 is 5.32 Å². The number of methoxy groups -OCH3 is 3. The van der Waals surface area contributed by atoms with Crippen LogP contribution in [0.25, 0.3) is 0 Å². The van der Waals surface area contributed by atoms with Gasteiger partial charge in [0.25, 0.3) is 0 Å². The number of aliphatic hydroxyl groups excluding tert-OH is 1. The van der Waals surface area contributed by atoms with E-state index >= 15 is 0 Å². The largest absolute Gasteiger partial charge is 0.468 e. The highest BCUT2D eigenvalue weighted by atomic mass is 16.5. The summed E-state index contributed by atoms with van der Waals surface area (Å²) in [6.07, 6.45) is -0.892. The summed E-state index contributed by atoms with van der Waals surface area (Å²) in [5.41, 5.74) is 0. The summed E-state index contributed by atoms with van der Waals surface area (Å²) in [6.45, 7) is 2.62. The van der Waals surface area contributed by atoms with Crippen molar-refractivity contribution in [1.82, 2.24) is 10.2 Å². The number of rotatable bonds is 7. The Hall–Kier alpha value is -2.69. The molecule has 1 heterocycles. The van der Waals surface area contributed by atoms with E-state index in [1.807, 2.05) is 0 Å². The highest BCUT2D eigenvalue weighted by Crippen LogP contribution is 2.23. The number of hydrogen-bond acceptors (Lipinski definition) is 9. The number of β-amino-alcohol motifs (C(OH)–C–C–N with tert-alkyl or cyclic N) is 1. The van der Waals surface area contributed by atoms with E-state index in [-0.39, 0.29) is 13.0 Å². The number of carbonyl (C=O) groups excluding carboxylic acids is 5. The van der Waals surface area contributed by atoms with Crippen molar-refractivity contribution in [2.45, 2.75) is 38.5 Å². The highest BCUT2D eigenvalue weighted by molar-refractivity contribution is 5.97. The summed E-state index contributed by atoms with van der Waals surface area (Å²) in [4.78, 5) is 61.8. The lowest BCUT2D eigenvalue weighted by molar-refractivity contribution is -0.163. The van der Waals surface area contributed by atoms with E-state index in [1.54, 1.807) is 0 Å². The minimum Gasteiger partial charge on any atom is -0.468 e. The van der Waals surface area contributed by atoms with Crippen LogP contribution in [0.15, 0.2) is 0 Å². The van der Waals surface area contributed by atoms with Gasteiger partial charge in [0.1, 0.15) is 12.1 Å². The maximum absolute atomic E-state index is 12.7. The van der Waals surface area contributed by atoms with Gasteiger partial charge < -0.3 is 29.5 Å². The van der Waals surface area contributed by atoms with Crippen molar-refractivity contribution in [3.05, 3.63) is 0 Å². The molecule has 1 aliphatic heterocycles. The second-order valence-corrected chi connectivity index (χ2v) is 6.47. The number of carbonyl (C=O) groups is 5. The van der Waals surface area contributed by atoms with Gasteiger partial charge >= 0.3 is 17.9 Å². The molecule has 0 spiro atoms. The Labute approximate surface area is 162 Å². The first kappa shape index (κ1) is 23.3. The topological polar surface area (TPSA) is 149 Å². The van der Waals surface area contributed by atoms with Gasteiger partial charge in [0.15, 0.2) is 5.92 Å². The van der Waals surface area contributed by atoms with Crippen molar-refractivity contribution >= 4 is 29.7 Å². The van der Waals surface area contributed by atoms with Gasteiger partial charge in [0, 0.05) is 25.8 Å². The number of nitrogens with zero attached hydrogens (tertiary/aromatic N) is 1. The molecule has 1 aliphatic rings. The summed E-state index contributed by atoms with van der Waals surface area (Å²) in [7, 11) is 3.23. The number of nitrogens with one attached hydrogen (secondary N) is 1. The van der Waals surface area contributed by atoms with E-state index in [4.69, 9.17) is 0 Å². The lowest BCUT2D eigenvalue weighted by atomic mass is 9.87. The number of amides is 2. The molecule has 28 heavy (non-hydrogen) atoms. The molecule has 0 saturated carbocycles. The van der Waals surface area contributed by atoms with Crippen LogP contribution in [0.3, 0.4) is 0 Å². The normalized spacial score (nSPS) is 20.9. The average molecular weight is 402 g/mol. The smallest absolute Gasteiger partial charge is 0.328 e. The monoisotopic (exact) mass is 402 g/mol. The van der Waals surface area contributed by atoms with Crippen LogP contribution in [0.4, 0.5) is 0 Å². The highest BCUT2D eigenvalue weighted by Gasteiger charge is 2.44. The number of likely N-dealkylation sites (tertiary alicyclic amines) is 1. The fourth-order valence-electron chi connectivity index (χ4n) is 3.16. The second-order valence-electron chi connectivity index (χ2n) is 6.47. The first-order valence-electron chi connectivity index (χ1n) is 8.58. The zero-order valence-corrected chi connectivity index (χ0v) is 16.5. The lowest BCUT2D eigenvalue weighted by Gasteiger charge is -2.29. The van der Waals surface area contributed by atoms with Crippen LogP contribution in [-0.4, -0.2) is 85.8 Å². The van der Waals surface area contributed by atoms with Gasteiger partial charge in [-0.2, -0.15) is 0 Å². The van der Waals surface area contributed by atoms with Crippen molar-refractivity contribution in [1.29, 1.82) is 0 Å². The Morgan fingerprint density at radius 2 is 1.50 bits per heavy atom. The Kier molecular flexibility index (Phi) is 8.35. The van der Waals surface area contributed by atoms with Gasteiger partial charge in [-0.25, -0.2) is 4.79 Å². The summed E-state index contributed by atoms with van der Waals surface area (Å²) in [6, 6.07) is -2.39. The Morgan fingerprint density at radius 3 is 1.93 bits per heavy atom. The Morgan fingerprint density at radius 1 is 1.00 bits per heavy atom. The predicted molar refractivity (Wildman–Crippen MR) is 92.4 cm³/mol. The van der Waals surface area contributed by atoms with Crippen molar-refractivity contribution in [2.24, 2.45) is 11.8 Å². The van der Waals surface area contributed by atoms with Crippen molar-refractivity contribution in [3.63, 3.8) is 0 Å². The fraction of sp³-hybridized carbons (Fsp3) is 0.706. The third-order valence-corrected chi connectivity index (χ3v) is 4.70. The first-order chi connectivity index (χ1) is 13.1. The van der Waals surface area contributed by atoms with Gasteiger partial charge in [-0.15, -0.1) is 0 Å². The van der Waals surface area contributed by atoms with Crippen LogP contribution in [0.2, 0.25) is 0 Å². The standard InChI is InChI=1S/C17H26N2O9/c1-8(12(15(23)26-3)16(24)27-4)13(17(25)28-5)18-14(22)11-6-10(21)7-19(11)9(2)20/h8,10-13,21H,6-7H2,1-5H3,(H,18,22)/t8-,10-,11+,13-/m1/s1. The quantitative estimate of drug-likeness (QED) is 0.286. The molecule has 0 aromatic heterocycles. The number of esters is 3. The molecule has 1 rings (SSSR count). The summed E-state index contributed by atoms with van der Waals surface area (Å²) >= 11 is 0. The first-order valence-corrected chi connectivity index (χ1v) is 8.58. The molecule has 11 heteroatoms. The van der Waals surface area contributed by atoms with E-state index in [0.717, 1.165) is 21.3 Å². The molecular weight excluding hydrogens is 376 g/mol. The molecule has 1 fully saturated rings. The molecule has 2 amide bonds. The maximum atomic E-state index is 12.7. The zero-order chi connectivity index (χ0) is 21.6. The van der Waals surface area contributed by atoms with E-state index in [9.17, 15) is 29.1 Å². The van der Waals surface area contributed by atoms with E-state index in [0.29, 0.717) is 0 Å². The molecule has 0 bridgehead atoms. The molecule has 0 radical (unpaired) electrons. The van der Waals surface area contributed by atoms with Gasteiger partial charge in [-0.1, -0.05) is 6.92 Å². The van der Waals surface area contributed by atoms with Crippen molar-refractivity contribution in [3.8, 4) is 0 Å². The fourth-order valence-corrected chi connectivity index (χ4v) is 3.16. The van der Waals surface area contributed by atoms with E-state index < -0.39 is 59.7 Å². The van der Waals surface area contributed by atoms with Crippen LogP contribution in [0.5, 0.6) is 0 Å². The number of hydrogen-bond donors (Lipinski definition) is 2. The Bertz CT molecular complexity index is 620. The number of ether oxygens (including phenoxy) is 3. The van der Waals surface area contributed by atoms with Crippen molar-refractivity contribution < 1.29 is 43.3 Å². The molecule has 4 atom stereocenters. The number of aliphatic hydroxyl groups is 1. The average Bonchev–Trinajstić information content (AvgIpc) is 3.07. The zero-order valence-electron chi connectivity index (χ0n) is 16.5. The van der Waals surface area contributed by atoms with E-state index in [2.05, 4.69) is 19.5 Å². The van der Waals surface area contributed by atoms with Gasteiger partial charge in [0.05, 0.1) is 27.4 Å². The Balaban J connectivity index is 3.12. The summed E-state index contributed by atoms with van der Waals surface area (Å²) < 4.78 is 13.9. The molecule has 0 aromatic carbocycles. The molecular formula is C17H26N2O9. The van der Waals surface area contributed by atoms with Gasteiger partial charge in [-0.05, 0) is 0 Å². The maximum Gasteiger partial charge on any atom is 0.328 e. The molecule has 0 aromatic rings. The van der Waals surface area contributed by atoms with Crippen LogP contribution in [0.1, 0.15) is 20.3 Å². The van der Waals surface area contributed by atoms with Crippen molar-refractivity contribution in [2.75, 3.05) is 27.9 Å². The minimum absolute atomic E-state index is 0.00881. The lowest BCUT2D eigenvalue weighted by Crippen LogP contribution is -2.55. The third kappa shape index (κ3) is 5.18. The third-order valence-electron chi connectivity index (χ3n) is 4.70. The predicted octanol–water partition coefficient (Wildman–Crippen LogP) is -1.78. The summed E-state index contributed by atoms with van der Waals surface area (Å²) in [5, 5.41) is 12.2. The molecule has 1 saturated heterocycles. The SMILES string of the molecule is COC(=O)C(C(=O)OC)[C@@H](C)[C@@H](NC(=O)[C@@H]1C[C@@H](O)CN1C(C)=O)C(=O)OC. The summed E-state index contributed by atoms with van der Waals surface area (Å²) in [5.74, 6) is -6.48. The molecule has 2 N–H and O–H groups in total. The van der Waals surface area contributed by atoms with Gasteiger partial charge in [0.2, 0.25) is 11.8 Å². The van der Waals surface area contributed by atoms with Crippen LogP contribution in [-0.2, 0) is 38.2 Å². The minimum atomic E-state index is -1.49. The van der Waals surface area contributed by atoms with Gasteiger partial charge in [-0.3, -0.25) is 19.2 Å². The van der Waals surface area contributed by atoms with Crippen LogP contribution in [0, 0.1) is 11.8 Å². The molecule has 0 aliphatic carbocycles. The van der Waals surface area contributed by atoms with Crippen LogP contribution >= 0.6 is 0 Å². The second kappa shape index (κ2) is 10.0. The molecule has 158 valence electrons. The molecule has 11 nitrogen and oxygen atoms in total. The molecule has 0 unspecified atom stereocenters.